The molecule has 0 spiro atoms. The van der Waals surface area contributed by atoms with Crippen LogP contribution < -0.4 is 5.56 Å². The van der Waals surface area contributed by atoms with Gasteiger partial charge in [-0.1, -0.05) is 11.3 Å². The van der Waals surface area contributed by atoms with Crippen molar-refractivity contribution >= 4 is 10.9 Å². The molecule has 124 valence electrons. The summed E-state index contributed by atoms with van der Waals surface area (Å²) in [5.41, 5.74) is 1.48. The van der Waals surface area contributed by atoms with Crippen molar-refractivity contribution in [1.29, 1.82) is 0 Å². The summed E-state index contributed by atoms with van der Waals surface area (Å²) >= 11 is 0. The summed E-state index contributed by atoms with van der Waals surface area (Å²) in [7, 11) is 1.66. The molecule has 0 atom stereocenters. The van der Waals surface area contributed by atoms with E-state index in [1.165, 1.54) is 21.4 Å². The molecule has 1 N–H and O–H groups in total. The molecular weight excluding hydrogens is 325 g/mol. The average Bonchev–Trinajstić information content (AvgIpc) is 3.10. The Hall–Kier alpha value is -3.55. The standard InChI is InChI=1S/C17H12FN5O2/c1-22-7-6-10-2-4-13(19-16(10)17(22)25)14-9-23(21-20-14)11-3-5-15(24)12(18)8-11/h2-9,24H,1H3. The van der Waals surface area contributed by atoms with Gasteiger partial charge in [-0.3, -0.25) is 4.79 Å². The lowest BCUT2D eigenvalue weighted by Crippen LogP contribution is -2.16. The quantitative estimate of drug-likeness (QED) is 0.605. The predicted octanol–water partition coefficient (Wildman–Crippen LogP) is 2.03. The van der Waals surface area contributed by atoms with Gasteiger partial charge in [-0.2, -0.15) is 0 Å². The number of nitrogens with zero attached hydrogens (tertiary/aromatic N) is 5. The normalized spacial score (nSPS) is 11.1. The Morgan fingerprint density at radius 2 is 1.96 bits per heavy atom. The van der Waals surface area contributed by atoms with Crippen molar-refractivity contribution in [2.45, 2.75) is 0 Å². The second-order valence-corrected chi connectivity index (χ2v) is 5.55. The third-order valence-electron chi connectivity index (χ3n) is 3.88. The molecule has 3 aromatic heterocycles. The SMILES string of the molecule is Cn1ccc2ccc(-c3cn(-c4ccc(O)c(F)c4)nn3)nc2c1=O. The summed E-state index contributed by atoms with van der Waals surface area (Å²) in [5, 5.41) is 18.0. The lowest BCUT2D eigenvalue weighted by atomic mass is 10.2. The van der Waals surface area contributed by atoms with Crippen LogP contribution in [0.3, 0.4) is 0 Å². The van der Waals surface area contributed by atoms with Crippen molar-refractivity contribution in [2.24, 2.45) is 7.05 Å². The summed E-state index contributed by atoms with van der Waals surface area (Å²) in [6.45, 7) is 0. The highest BCUT2D eigenvalue weighted by molar-refractivity contribution is 5.80. The first-order valence-electron chi connectivity index (χ1n) is 7.41. The van der Waals surface area contributed by atoms with E-state index in [1.54, 1.807) is 31.6 Å². The molecule has 0 saturated heterocycles. The maximum Gasteiger partial charge on any atom is 0.276 e. The van der Waals surface area contributed by atoms with E-state index >= 15 is 0 Å². The van der Waals surface area contributed by atoms with Crippen molar-refractivity contribution in [3.8, 4) is 22.8 Å². The van der Waals surface area contributed by atoms with Gasteiger partial charge in [0.2, 0.25) is 0 Å². The summed E-state index contributed by atoms with van der Waals surface area (Å²) in [5.74, 6) is -1.18. The molecule has 0 fully saturated rings. The van der Waals surface area contributed by atoms with Crippen molar-refractivity contribution in [3.05, 3.63) is 65.0 Å². The first-order chi connectivity index (χ1) is 12.0. The van der Waals surface area contributed by atoms with Crippen LogP contribution in [0.5, 0.6) is 5.75 Å². The average molecular weight is 337 g/mol. The Morgan fingerprint density at radius 3 is 2.76 bits per heavy atom. The molecule has 0 saturated carbocycles. The fourth-order valence-corrected chi connectivity index (χ4v) is 2.49. The maximum absolute atomic E-state index is 13.5. The first-order valence-corrected chi connectivity index (χ1v) is 7.41. The Labute approximate surface area is 140 Å². The highest BCUT2D eigenvalue weighted by Crippen LogP contribution is 2.21. The number of phenols is 1. The Balaban J connectivity index is 1.79. The summed E-state index contributed by atoms with van der Waals surface area (Å²) in [4.78, 5) is 16.6. The largest absolute Gasteiger partial charge is 0.505 e. The minimum absolute atomic E-state index is 0.202. The molecule has 0 aliphatic carbocycles. The Bertz CT molecular complexity index is 1170. The molecule has 0 aliphatic rings. The molecule has 7 nitrogen and oxygen atoms in total. The van der Waals surface area contributed by atoms with E-state index < -0.39 is 11.6 Å². The molecule has 0 unspecified atom stereocenters. The van der Waals surface area contributed by atoms with Crippen LogP contribution in [0.15, 0.2) is 53.6 Å². The Kier molecular flexibility index (Phi) is 3.31. The van der Waals surface area contributed by atoms with E-state index in [2.05, 4.69) is 15.3 Å². The predicted molar refractivity (Wildman–Crippen MR) is 89.0 cm³/mol. The zero-order chi connectivity index (χ0) is 17.6. The third-order valence-corrected chi connectivity index (χ3v) is 3.88. The van der Waals surface area contributed by atoms with Gasteiger partial charge in [0, 0.05) is 24.7 Å². The highest BCUT2D eigenvalue weighted by Gasteiger charge is 2.11. The van der Waals surface area contributed by atoms with Gasteiger partial charge in [-0.05, 0) is 24.3 Å². The summed E-state index contributed by atoms with van der Waals surface area (Å²) < 4.78 is 16.3. The highest BCUT2D eigenvalue weighted by atomic mass is 19.1. The van der Waals surface area contributed by atoms with E-state index in [0.29, 0.717) is 22.6 Å². The summed E-state index contributed by atoms with van der Waals surface area (Å²) in [6.07, 6.45) is 3.26. The van der Waals surface area contributed by atoms with Gasteiger partial charge in [-0.15, -0.1) is 5.10 Å². The number of rotatable bonds is 2. The molecule has 0 bridgehead atoms. The number of hydrogen-bond donors (Lipinski definition) is 1. The van der Waals surface area contributed by atoms with Crippen LogP contribution in [0.25, 0.3) is 28.0 Å². The molecule has 0 aliphatic heterocycles. The molecule has 4 aromatic rings. The van der Waals surface area contributed by atoms with Gasteiger partial charge in [0.15, 0.2) is 11.6 Å². The lowest BCUT2D eigenvalue weighted by molar-refractivity contribution is 0.432. The monoisotopic (exact) mass is 337 g/mol. The number of halogens is 1. The number of fused-ring (bicyclic) bond motifs is 1. The number of aryl methyl sites for hydroxylation is 1. The van der Waals surface area contributed by atoms with Gasteiger partial charge < -0.3 is 9.67 Å². The molecule has 4 rings (SSSR count). The minimum Gasteiger partial charge on any atom is -0.505 e. The number of pyridine rings is 2. The van der Waals surface area contributed by atoms with Gasteiger partial charge in [0.25, 0.3) is 5.56 Å². The molecule has 0 radical (unpaired) electrons. The molecule has 1 aromatic carbocycles. The Morgan fingerprint density at radius 1 is 1.12 bits per heavy atom. The van der Waals surface area contributed by atoms with E-state index in [9.17, 15) is 14.3 Å². The summed E-state index contributed by atoms with van der Waals surface area (Å²) in [6, 6.07) is 9.25. The first kappa shape index (κ1) is 15.0. The van der Waals surface area contributed by atoms with Crippen LogP contribution in [-0.4, -0.2) is 29.7 Å². The van der Waals surface area contributed by atoms with Crippen LogP contribution in [0.4, 0.5) is 4.39 Å². The number of aromatic hydroxyl groups is 1. The number of hydrogen-bond acceptors (Lipinski definition) is 5. The minimum atomic E-state index is -0.748. The lowest BCUT2D eigenvalue weighted by Gasteiger charge is -2.02. The van der Waals surface area contributed by atoms with Gasteiger partial charge in [0.1, 0.15) is 11.2 Å². The van der Waals surface area contributed by atoms with Gasteiger partial charge in [-0.25, -0.2) is 14.1 Å². The van der Waals surface area contributed by atoms with Crippen molar-refractivity contribution < 1.29 is 9.50 Å². The van der Waals surface area contributed by atoms with Crippen LogP contribution in [-0.2, 0) is 7.05 Å². The third kappa shape index (κ3) is 2.53. The number of phenolic OH excluding ortho intramolecular Hbond substituents is 1. The molecule has 25 heavy (non-hydrogen) atoms. The number of aromatic nitrogens is 5. The van der Waals surface area contributed by atoms with E-state index in [0.717, 1.165) is 11.5 Å². The smallest absolute Gasteiger partial charge is 0.276 e. The zero-order valence-electron chi connectivity index (χ0n) is 13.1. The van der Waals surface area contributed by atoms with Crippen molar-refractivity contribution in [1.82, 2.24) is 24.5 Å². The van der Waals surface area contributed by atoms with E-state index in [1.807, 2.05) is 6.07 Å². The zero-order valence-corrected chi connectivity index (χ0v) is 13.1. The molecule has 3 heterocycles. The van der Waals surface area contributed by atoms with Crippen LogP contribution in [0.2, 0.25) is 0 Å². The number of benzene rings is 1. The molecular formula is C17H12FN5O2. The topological polar surface area (TPSA) is 85.8 Å². The van der Waals surface area contributed by atoms with Crippen molar-refractivity contribution in [3.63, 3.8) is 0 Å². The maximum atomic E-state index is 13.5. The van der Waals surface area contributed by atoms with Gasteiger partial charge >= 0.3 is 0 Å². The molecule has 8 heteroatoms. The van der Waals surface area contributed by atoms with Crippen molar-refractivity contribution in [2.75, 3.05) is 0 Å². The van der Waals surface area contributed by atoms with Crippen LogP contribution >= 0.6 is 0 Å². The fourth-order valence-electron chi connectivity index (χ4n) is 2.49. The van der Waals surface area contributed by atoms with E-state index in [-0.39, 0.29) is 5.56 Å². The van der Waals surface area contributed by atoms with E-state index in [4.69, 9.17) is 0 Å². The van der Waals surface area contributed by atoms with Crippen LogP contribution in [0, 0.1) is 5.82 Å². The second kappa shape index (κ2) is 5.52. The fraction of sp³-hybridized carbons (Fsp3) is 0.0588. The second-order valence-electron chi connectivity index (χ2n) is 5.55. The van der Waals surface area contributed by atoms with Gasteiger partial charge in [0.05, 0.1) is 17.6 Å². The molecule has 0 amide bonds. The van der Waals surface area contributed by atoms with Crippen LogP contribution in [0.1, 0.15) is 0 Å².